The largest absolute Gasteiger partial charge is 0.481 e. The number of aromatic nitrogens is 3. The van der Waals surface area contributed by atoms with Crippen molar-refractivity contribution in [3.05, 3.63) is 59.9 Å². The van der Waals surface area contributed by atoms with Crippen LogP contribution in [-0.4, -0.2) is 34.2 Å². The smallest absolute Gasteiger partial charge is 0.251 e. The van der Waals surface area contributed by atoms with Crippen molar-refractivity contribution in [2.75, 3.05) is 7.11 Å². The fourth-order valence-electron chi connectivity index (χ4n) is 3.45. The lowest BCUT2D eigenvalue weighted by Crippen LogP contribution is -2.25. The van der Waals surface area contributed by atoms with Crippen LogP contribution in [0.1, 0.15) is 28.8 Å². The van der Waals surface area contributed by atoms with Crippen LogP contribution in [0.25, 0.3) is 31.8 Å². The molecule has 3 aromatic heterocycles. The molecule has 3 heterocycles. The molecule has 0 unspecified atom stereocenters. The van der Waals surface area contributed by atoms with Crippen molar-refractivity contribution in [2.45, 2.75) is 25.8 Å². The van der Waals surface area contributed by atoms with Gasteiger partial charge >= 0.3 is 0 Å². The molecule has 1 aromatic carbocycles. The molecule has 5 rings (SSSR count). The molecular formula is C23H20N4O2S. The van der Waals surface area contributed by atoms with E-state index < -0.39 is 0 Å². The first-order valence-corrected chi connectivity index (χ1v) is 10.6. The van der Waals surface area contributed by atoms with Gasteiger partial charge in [0.1, 0.15) is 5.69 Å². The quantitative estimate of drug-likeness (QED) is 0.513. The second-order valence-electron chi connectivity index (χ2n) is 7.43. The summed E-state index contributed by atoms with van der Waals surface area (Å²) < 4.78 is 6.43. The van der Waals surface area contributed by atoms with E-state index in [2.05, 4.69) is 33.5 Å². The normalized spacial score (nSPS) is 13.4. The molecule has 0 bridgehead atoms. The second-order valence-corrected chi connectivity index (χ2v) is 8.48. The van der Waals surface area contributed by atoms with Crippen LogP contribution in [0.15, 0.2) is 48.8 Å². The number of nitrogens with zero attached hydrogens (tertiary/aromatic N) is 3. The number of rotatable bonds is 5. The third kappa shape index (κ3) is 3.41. The SMILES string of the molecule is COc1ncccc1-c1nncc2cc(-c3cc(C(=O)NC4CC4)ccc3C)sc12. The predicted octanol–water partition coefficient (Wildman–Crippen LogP) is 4.63. The van der Waals surface area contributed by atoms with Gasteiger partial charge in [-0.15, -0.1) is 16.4 Å². The number of methoxy groups -OCH3 is 1. The van der Waals surface area contributed by atoms with E-state index in [-0.39, 0.29) is 5.91 Å². The van der Waals surface area contributed by atoms with Gasteiger partial charge in [0.15, 0.2) is 0 Å². The summed E-state index contributed by atoms with van der Waals surface area (Å²) in [5, 5.41) is 12.6. The second kappa shape index (κ2) is 7.50. The van der Waals surface area contributed by atoms with Crippen molar-refractivity contribution in [1.82, 2.24) is 20.5 Å². The van der Waals surface area contributed by atoms with Crippen molar-refractivity contribution in [3.63, 3.8) is 0 Å². The lowest BCUT2D eigenvalue weighted by atomic mass is 10.0. The number of carbonyl (C=O) groups is 1. The maximum absolute atomic E-state index is 12.5. The van der Waals surface area contributed by atoms with Crippen LogP contribution in [0, 0.1) is 6.92 Å². The van der Waals surface area contributed by atoms with Gasteiger partial charge in [-0.3, -0.25) is 4.79 Å². The molecule has 0 saturated heterocycles. The number of hydrogen-bond donors (Lipinski definition) is 1. The Balaban J connectivity index is 1.60. The van der Waals surface area contributed by atoms with Gasteiger partial charge in [0.25, 0.3) is 5.91 Å². The lowest BCUT2D eigenvalue weighted by Gasteiger charge is -2.08. The number of pyridine rings is 1. The number of fused-ring (bicyclic) bond motifs is 1. The third-order valence-electron chi connectivity index (χ3n) is 5.23. The van der Waals surface area contributed by atoms with Crippen molar-refractivity contribution < 1.29 is 9.53 Å². The zero-order chi connectivity index (χ0) is 20.7. The molecule has 150 valence electrons. The molecule has 0 radical (unpaired) electrons. The first kappa shape index (κ1) is 18.7. The minimum absolute atomic E-state index is 0.0102. The summed E-state index contributed by atoms with van der Waals surface area (Å²) in [4.78, 5) is 17.9. The van der Waals surface area contributed by atoms with Crippen LogP contribution in [-0.2, 0) is 0 Å². The van der Waals surface area contributed by atoms with Gasteiger partial charge in [0, 0.05) is 28.1 Å². The van der Waals surface area contributed by atoms with E-state index in [0.717, 1.165) is 50.2 Å². The average molecular weight is 417 g/mol. The zero-order valence-corrected chi connectivity index (χ0v) is 17.5. The van der Waals surface area contributed by atoms with Gasteiger partial charge in [-0.2, -0.15) is 5.10 Å². The number of aryl methyl sites for hydroxylation is 1. The number of benzene rings is 1. The molecule has 6 nitrogen and oxygen atoms in total. The number of thiophene rings is 1. The van der Waals surface area contributed by atoms with E-state index in [9.17, 15) is 4.79 Å². The molecule has 1 N–H and O–H groups in total. The monoisotopic (exact) mass is 416 g/mol. The molecule has 0 aliphatic heterocycles. The molecule has 0 atom stereocenters. The van der Waals surface area contributed by atoms with E-state index in [1.54, 1.807) is 30.8 Å². The van der Waals surface area contributed by atoms with Crippen molar-refractivity contribution in [1.29, 1.82) is 0 Å². The molecule has 1 aliphatic rings. The summed E-state index contributed by atoms with van der Waals surface area (Å²) in [6.45, 7) is 2.06. The number of ether oxygens (including phenoxy) is 1. The average Bonchev–Trinajstić information content (AvgIpc) is 3.47. The highest BCUT2D eigenvalue weighted by Crippen LogP contribution is 2.40. The Morgan fingerprint density at radius 3 is 2.87 bits per heavy atom. The fourth-order valence-corrected chi connectivity index (χ4v) is 4.66. The summed E-state index contributed by atoms with van der Waals surface area (Å²) in [6, 6.07) is 12.1. The summed E-state index contributed by atoms with van der Waals surface area (Å²) in [5.41, 5.74) is 4.40. The Hall–Kier alpha value is -3.32. The van der Waals surface area contributed by atoms with Crippen molar-refractivity contribution in [2.24, 2.45) is 0 Å². The Kier molecular flexibility index (Phi) is 4.67. The molecule has 4 aromatic rings. The summed E-state index contributed by atoms with van der Waals surface area (Å²) >= 11 is 1.63. The molecule has 7 heteroatoms. The molecule has 30 heavy (non-hydrogen) atoms. The minimum Gasteiger partial charge on any atom is -0.481 e. The lowest BCUT2D eigenvalue weighted by molar-refractivity contribution is 0.0951. The minimum atomic E-state index is -0.0102. The summed E-state index contributed by atoms with van der Waals surface area (Å²) in [5.74, 6) is 0.508. The third-order valence-corrected chi connectivity index (χ3v) is 6.42. The van der Waals surface area contributed by atoms with Crippen LogP contribution in [0.3, 0.4) is 0 Å². The number of amides is 1. The standard InChI is InChI=1S/C23H20N4O2S/c1-13-5-6-14(22(28)26-16-7-8-16)10-18(13)19-11-15-12-25-27-20(21(15)30-19)17-4-3-9-24-23(17)29-2/h3-6,9-12,16H,7-8H2,1-2H3,(H,26,28). The molecular weight excluding hydrogens is 396 g/mol. The van der Waals surface area contributed by atoms with Crippen molar-refractivity contribution in [3.8, 4) is 27.6 Å². The van der Waals surface area contributed by atoms with E-state index in [4.69, 9.17) is 4.74 Å². The van der Waals surface area contributed by atoms with Gasteiger partial charge in [-0.1, -0.05) is 6.07 Å². The number of carbonyl (C=O) groups excluding carboxylic acids is 1. The predicted molar refractivity (Wildman–Crippen MR) is 118 cm³/mol. The van der Waals surface area contributed by atoms with Crippen molar-refractivity contribution >= 4 is 27.3 Å². The van der Waals surface area contributed by atoms with Crippen LogP contribution >= 0.6 is 11.3 Å². The Bertz CT molecular complexity index is 1260. The highest BCUT2D eigenvalue weighted by Gasteiger charge is 2.24. The van der Waals surface area contributed by atoms with Gasteiger partial charge in [-0.25, -0.2) is 4.98 Å². The Labute approximate surface area is 178 Å². The van der Waals surface area contributed by atoms with Crippen LogP contribution in [0.5, 0.6) is 5.88 Å². The highest BCUT2D eigenvalue weighted by molar-refractivity contribution is 7.22. The zero-order valence-electron chi connectivity index (χ0n) is 16.7. The van der Waals surface area contributed by atoms with Gasteiger partial charge in [-0.05, 0) is 61.2 Å². The van der Waals surface area contributed by atoms with E-state index in [1.165, 1.54) is 0 Å². The molecule has 1 fully saturated rings. The van der Waals surface area contributed by atoms with E-state index in [1.807, 2.05) is 30.3 Å². The first-order valence-electron chi connectivity index (χ1n) is 9.80. The van der Waals surface area contributed by atoms with Gasteiger partial charge < -0.3 is 10.1 Å². The topological polar surface area (TPSA) is 77.0 Å². The Morgan fingerprint density at radius 1 is 1.20 bits per heavy atom. The summed E-state index contributed by atoms with van der Waals surface area (Å²) in [7, 11) is 1.60. The van der Waals surface area contributed by atoms with E-state index in [0.29, 0.717) is 17.5 Å². The van der Waals surface area contributed by atoms with Gasteiger partial charge in [0.2, 0.25) is 5.88 Å². The number of hydrogen-bond acceptors (Lipinski definition) is 6. The highest BCUT2D eigenvalue weighted by atomic mass is 32.1. The first-order chi connectivity index (χ1) is 14.6. The molecule has 0 spiro atoms. The summed E-state index contributed by atoms with van der Waals surface area (Å²) in [6.07, 6.45) is 5.60. The van der Waals surface area contributed by atoms with Crippen LogP contribution in [0.4, 0.5) is 0 Å². The van der Waals surface area contributed by atoms with Crippen LogP contribution < -0.4 is 10.1 Å². The maximum Gasteiger partial charge on any atom is 0.251 e. The molecule has 1 amide bonds. The fraction of sp³-hybridized carbons (Fsp3) is 0.217. The molecule has 1 saturated carbocycles. The molecule has 1 aliphatic carbocycles. The van der Waals surface area contributed by atoms with Crippen LogP contribution in [0.2, 0.25) is 0 Å². The Morgan fingerprint density at radius 2 is 2.07 bits per heavy atom. The van der Waals surface area contributed by atoms with E-state index >= 15 is 0 Å². The maximum atomic E-state index is 12.5. The van der Waals surface area contributed by atoms with Gasteiger partial charge in [0.05, 0.1) is 23.6 Å². The number of nitrogens with one attached hydrogen (secondary N) is 1.